The lowest BCUT2D eigenvalue weighted by molar-refractivity contribution is -0.139. The number of aromatic nitrogens is 2. The van der Waals surface area contributed by atoms with Gasteiger partial charge in [-0.2, -0.15) is 9.48 Å². The van der Waals surface area contributed by atoms with Gasteiger partial charge in [0.2, 0.25) is 5.82 Å². The minimum absolute atomic E-state index is 0.0735. The van der Waals surface area contributed by atoms with Crippen molar-refractivity contribution in [1.29, 1.82) is 0 Å². The van der Waals surface area contributed by atoms with E-state index in [0.717, 1.165) is 6.92 Å². The Kier molecular flexibility index (Phi) is 8.28. The number of aliphatic hydroxyl groups excluding tert-OH is 1. The predicted octanol–water partition coefficient (Wildman–Crippen LogP) is 2.38. The summed E-state index contributed by atoms with van der Waals surface area (Å²) < 4.78 is 72.7. The van der Waals surface area contributed by atoms with Gasteiger partial charge in [0.1, 0.15) is 24.1 Å². The van der Waals surface area contributed by atoms with Crippen LogP contribution in [0.3, 0.4) is 0 Å². The van der Waals surface area contributed by atoms with Crippen LogP contribution in [-0.2, 0) is 18.6 Å². The summed E-state index contributed by atoms with van der Waals surface area (Å²) in [7, 11) is -4.94. The van der Waals surface area contributed by atoms with E-state index in [1.54, 1.807) is 35.3 Å². The lowest BCUT2D eigenvalue weighted by Crippen LogP contribution is -2.43. The Hall–Kier alpha value is -3.49. The van der Waals surface area contributed by atoms with E-state index < -0.39 is 74.2 Å². The molecular weight excluding hydrogens is 550 g/mol. The number of alkyl halides is 2. The normalized spacial score (nSPS) is 22.5. The third kappa shape index (κ3) is 6.23. The molecule has 1 saturated heterocycles. The Bertz CT molecular complexity index is 1530. The molecule has 4 rings (SSSR count). The smallest absolute Gasteiger partial charge is 0.460 e. The van der Waals surface area contributed by atoms with E-state index in [2.05, 4.69) is 5.09 Å². The number of benzene rings is 2. The summed E-state index contributed by atoms with van der Waals surface area (Å²) in [5.74, 6) is -2.93. The molecule has 2 aromatic carbocycles. The highest BCUT2D eigenvalue weighted by Gasteiger charge is 2.49. The number of carboxylic acid groups (broad SMARTS) is 1. The van der Waals surface area contributed by atoms with Crippen molar-refractivity contribution in [3.8, 4) is 5.75 Å². The average molecular weight is 573 g/mol. The van der Waals surface area contributed by atoms with Crippen LogP contribution in [0.25, 0.3) is 10.8 Å². The van der Waals surface area contributed by atoms with Crippen LogP contribution in [0.4, 0.5) is 13.2 Å². The molecule has 0 amide bonds. The number of nitrogens with one attached hydrogen (secondary N) is 2. The number of aliphatic carboxylic acids is 1. The zero-order valence-electron chi connectivity index (χ0n) is 20.1. The third-order valence-corrected chi connectivity index (χ3v) is 7.56. The van der Waals surface area contributed by atoms with Gasteiger partial charge in [0, 0.05) is 11.8 Å². The first-order valence-electron chi connectivity index (χ1n) is 11.5. The molecule has 1 aliphatic heterocycles. The van der Waals surface area contributed by atoms with Crippen LogP contribution in [0.15, 0.2) is 58.3 Å². The topological polar surface area (TPSA) is 169 Å². The molecule has 2 heterocycles. The number of nitrogens with zero attached hydrogens (tertiary/aromatic N) is 1. The van der Waals surface area contributed by atoms with Gasteiger partial charge in [-0.1, -0.05) is 36.4 Å². The summed E-state index contributed by atoms with van der Waals surface area (Å²) in [6.07, 6.45) is -11.1. The molecule has 0 spiro atoms. The van der Waals surface area contributed by atoms with Gasteiger partial charge in [0.25, 0.3) is 12.0 Å². The Morgan fingerprint density at radius 2 is 1.92 bits per heavy atom. The van der Waals surface area contributed by atoms with Crippen molar-refractivity contribution in [2.75, 3.05) is 0 Å². The first-order valence-corrected chi connectivity index (χ1v) is 13.0. The van der Waals surface area contributed by atoms with E-state index in [1.165, 1.54) is 12.1 Å². The lowest BCUT2D eigenvalue weighted by Gasteiger charge is -2.30. The van der Waals surface area contributed by atoms with Crippen molar-refractivity contribution in [3.05, 3.63) is 75.3 Å². The zero-order valence-corrected chi connectivity index (χ0v) is 21.0. The Morgan fingerprint density at radius 1 is 1.23 bits per heavy atom. The van der Waals surface area contributed by atoms with Gasteiger partial charge in [-0.15, -0.1) is 0 Å². The molecule has 12 nitrogen and oxygen atoms in total. The van der Waals surface area contributed by atoms with Crippen LogP contribution >= 0.6 is 7.75 Å². The van der Waals surface area contributed by atoms with Crippen LogP contribution < -0.4 is 20.9 Å². The van der Waals surface area contributed by atoms with Crippen LogP contribution in [0, 0.1) is 5.82 Å². The fourth-order valence-corrected chi connectivity index (χ4v) is 5.70. The molecule has 6 atom stereocenters. The van der Waals surface area contributed by atoms with Gasteiger partial charge in [-0.3, -0.25) is 23.7 Å². The number of ether oxygens (including phenoxy) is 1. The summed E-state index contributed by atoms with van der Waals surface area (Å²) in [6.45, 7) is 1.08. The predicted molar refractivity (Wildman–Crippen MR) is 129 cm³/mol. The molecule has 4 N–H and O–H groups in total. The molecule has 1 aromatic heterocycles. The number of fused-ring (bicyclic) bond motifs is 1. The molecule has 1 fully saturated rings. The largest absolute Gasteiger partial charge is 0.480 e. The number of hydrogen-bond acceptors (Lipinski definition) is 8. The van der Waals surface area contributed by atoms with Gasteiger partial charge >= 0.3 is 19.4 Å². The van der Waals surface area contributed by atoms with E-state index in [9.17, 15) is 42.3 Å². The standard InChI is InChI=1S/C23H23F3N3O9P/c1-11(22(32)33)28-39(35,37-16-8-4-6-12-5-2-3-7-13(12)16)38-19(20(25)26)18-15(30)9-17(36-18)29-10-14(24)21(31)27-23(29)34/h2-8,10-11,15,17-20,30H,9H2,1H3,(H,28,35)(H,32,33)(H,27,31,34)/t11?,15-,17+,18-,19?,39-/m0/s1. The molecular formula is C23H23F3N3O9P. The molecule has 0 saturated carbocycles. The van der Waals surface area contributed by atoms with Crippen molar-refractivity contribution in [3.63, 3.8) is 0 Å². The SMILES string of the molecule is CC(N[P@](=O)(Oc1cccc2ccccc12)OC(C(F)F)[C@H]1O[C@@H](n2cc(F)c(=O)[nH]c2=O)C[C@@H]1O)C(=O)O. The number of rotatable bonds is 10. The maximum absolute atomic E-state index is 14.3. The summed E-state index contributed by atoms with van der Waals surface area (Å²) in [6, 6.07) is 9.67. The Balaban J connectivity index is 1.66. The van der Waals surface area contributed by atoms with Crippen molar-refractivity contribution >= 4 is 24.5 Å². The van der Waals surface area contributed by atoms with Crippen LogP contribution in [-0.4, -0.2) is 56.5 Å². The minimum atomic E-state index is -4.94. The fraction of sp³-hybridized carbons (Fsp3) is 0.348. The molecule has 39 heavy (non-hydrogen) atoms. The van der Waals surface area contributed by atoms with E-state index >= 15 is 0 Å². The van der Waals surface area contributed by atoms with Gasteiger partial charge in [-0.05, 0) is 18.4 Å². The monoisotopic (exact) mass is 573 g/mol. The maximum Gasteiger partial charge on any atom is 0.460 e. The minimum Gasteiger partial charge on any atom is -0.480 e. The molecule has 3 aromatic rings. The number of halogens is 3. The Labute approximate surface area is 217 Å². The molecule has 16 heteroatoms. The first-order chi connectivity index (χ1) is 18.4. The lowest BCUT2D eigenvalue weighted by atomic mass is 10.1. The maximum atomic E-state index is 14.3. The van der Waals surface area contributed by atoms with Crippen molar-refractivity contribution in [2.45, 2.75) is 50.4 Å². The third-order valence-electron chi connectivity index (χ3n) is 5.89. The van der Waals surface area contributed by atoms with Gasteiger partial charge < -0.3 is 19.5 Å². The number of H-pyrrole nitrogens is 1. The van der Waals surface area contributed by atoms with Crippen molar-refractivity contribution < 1.29 is 46.5 Å². The van der Waals surface area contributed by atoms with Crippen molar-refractivity contribution in [1.82, 2.24) is 14.6 Å². The summed E-state index contributed by atoms with van der Waals surface area (Å²) in [4.78, 5) is 36.5. The number of aliphatic hydroxyl groups is 1. The molecule has 0 bridgehead atoms. The highest BCUT2D eigenvalue weighted by Crippen LogP contribution is 2.50. The second-order valence-electron chi connectivity index (χ2n) is 8.66. The van der Waals surface area contributed by atoms with E-state index in [-0.39, 0.29) is 5.75 Å². The summed E-state index contributed by atoms with van der Waals surface area (Å²) >= 11 is 0. The highest BCUT2D eigenvalue weighted by atomic mass is 31.2. The van der Waals surface area contributed by atoms with Gasteiger partial charge in [0.05, 0.1) is 12.3 Å². The van der Waals surface area contributed by atoms with Crippen molar-refractivity contribution in [2.24, 2.45) is 0 Å². The quantitative estimate of drug-likeness (QED) is 0.264. The Morgan fingerprint density at radius 3 is 2.62 bits per heavy atom. The average Bonchev–Trinajstić information content (AvgIpc) is 3.25. The second kappa shape index (κ2) is 11.3. The molecule has 2 unspecified atom stereocenters. The van der Waals surface area contributed by atoms with E-state index in [4.69, 9.17) is 13.8 Å². The zero-order chi connectivity index (χ0) is 28.5. The molecule has 210 valence electrons. The second-order valence-corrected chi connectivity index (χ2v) is 10.3. The number of hydrogen-bond donors (Lipinski definition) is 4. The number of aromatic amines is 1. The highest BCUT2D eigenvalue weighted by molar-refractivity contribution is 7.52. The summed E-state index contributed by atoms with van der Waals surface area (Å²) in [5, 5.41) is 22.9. The number of carbonyl (C=O) groups is 1. The molecule has 0 radical (unpaired) electrons. The van der Waals surface area contributed by atoms with Gasteiger partial charge in [0.15, 0.2) is 6.10 Å². The van der Waals surface area contributed by atoms with E-state index in [0.29, 0.717) is 21.5 Å². The van der Waals surface area contributed by atoms with Crippen LogP contribution in [0.1, 0.15) is 19.6 Å². The van der Waals surface area contributed by atoms with Crippen LogP contribution in [0.5, 0.6) is 5.75 Å². The summed E-state index contributed by atoms with van der Waals surface area (Å²) in [5.41, 5.74) is -2.44. The van der Waals surface area contributed by atoms with Crippen LogP contribution in [0.2, 0.25) is 0 Å². The molecule has 0 aliphatic carbocycles. The first kappa shape index (κ1) is 28.5. The van der Waals surface area contributed by atoms with E-state index in [1.807, 2.05) is 0 Å². The molecule has 1 aliphatic rings. The number of carboxylic acids is 1. The van der Waals surface area contributed by atoms with Gasteiger partial charge in [-0.25, -0.2) is 18.1 Å². The fourth-order valence-electron chi connectivity index (χ4n) is 4.00.